The highest BCUT2D eigenvalue weighted by Crippen LogP contribution is 2.38. The topological polar surface area (TPSA) is 20.2 Å². The zero-order chi connectivity index (χ0) is 13.9. The summed E-state index contributed by atoms with van der Waals surface area (Å²) < 4.78 is 51.4. The van der Waals surface area contributed by atoms with Crippen LogP contribution in [-0.4, -0.2) is 5.11 Å². The SMILES string of the molecule is CCC(CC)C(O)c1cc(F)ccc1C(F)(F)F. The molecule has 0 spiro atoms. The zero-order valence-electron chi connectivity index (χ0n) is 10.3. The van der Waals surface area contributed by atoms with Crippen molar-refractivity contribution in [1.29, 1.82) is 0 Å². The van der Waals surface area contributed by atoms with Crippen LogP contribution in [0.15, 0.2) is 18.2 Å². The molecule has 0 aliphatic heterocycles. The van der Waals surface area contributed by atoms with Gasteiger partial charge < -0.3 is 5.11 Å². The molecule has 1 unspecified atom stereocenters. The standard InChI is InChI=1S/C13H16F4O/c1-3-8(4-2)12(18)10-7-9(14)5-6-11(10)13(15,16)17/h5-8,12,18H,3-4H2,1-2H3. The fourth-order valence-electron chi connectivity index (χ4n) is 2.03. The molecule has 0 aliphatic rings. The lowest BCUT2D eigenvalue weighted by Crippen LogP contribution is -2.17. The summed E-state index contributed by atoms with van der Waals surface area (Å²) in [6.45, 7) is 3.56. The molecule has 102 valence electrons. The first-order valence-corrected chi connectivity index (χ1v) is 5.85. The Labute approximate surface area is 103 Å². The highest BCUT2D eigenvalue weighted by Gasteiger charge is 2.36. The molecule has 0 fully saturated rings. The molecule has 0 aromatic heterocycles. The van der Waals surface area contributed by atoms with E-state index in [1.807, 2.05) is 0 Å². The molecular formula is C13H16F4O. The average Bonchev–Trinajstić information content (AvgIpc) is 2.28. The molecule has 0 heterocycles. The van der Waals surface area contributed by atoms with E-state index in [2.05, 4.69) is 0 Å². The lowest BCUT2D eigenvalue weighted by atomic mass is 9.88. The molecule has 0 bridgehead atoms. The van der Waals surface area contributed by atoms with Crippen LogP contribution in [0.25, 0.3) is 0 Å². The molecule has 0 amide bonds. The van der Waals surface area contributed by atoms with Crippen LogP contribution in [0.3, 0.4) is 0 Å². The van der Waals surface area contributed by atoms with Crippen LogP contribution in [0.5, 0.6) is 0 Å². The third kappa shape index (κ3) is 3.22. The van der Waals surface area contributed by atoms with E-state index >= 15 is 0 Å². The number of hydrogen-bond donors (Lipinski definition) is 1. The predicted octanol–water partition coefficient (Wildman–Crippen LogP) is 4.31. The molecule has 0 radical (unpaired) electrons. The number of benzene rings is 1. The average molecular weight is 264 g/mol. The van der Waals surface area contributed by atoms with Gasteiger partial charge in [-0.05, 0) is 29.7 Å². The van der Waals surface area contributed by atoms with Crippen molar-refractivity contribution in [3.05, 3.63) is 35.1 Å². The van der Waals surface area contributed by atoms with E-state index in [1.165, 1.54) is 0 Å². The molecule has 0 aliphatic carbocycles. The second-order valence-corrected chi connectivity index (χ2v) is 4.25. The third-order valence-electron chi connectivity index (χ3n) is 3.13. The number of aliphatic hydroxyl groups excluding tert-OH is 1. The molecule has 0 saturated carbocycles. The fraction of sp³-hybridized carbons (Fsp3) is 0.538. The Kier molecular flexibility index (Phi) is 4.73. The second-order valence-electron chi connectivity index (χ2n) is 4.25. The van der Waals surface area contributed by atoms with Crippen molar-refractivity contribution in [3.8, 4) is 0 Å². The highest BCUT2D eigenvalue weighted by molar-refractivity contribution is 5.32. The minimum absolute atomic E-state index is 0.312. The maximum absolute atomic E-state index is 13.1. The second kappa shape index (κ2) is 5.69. The molecule has 0 saturated heterocycles. The summed E-state index contributed by atoms with van der Waals surface area (Å²) >= 11 is 0. The number of hydrogen-bond acceptors (Lipinski definition) is 1. The zero-order valence-corrected chi connectivity index (χ0v) is 10.3. The van der Waals surface area contributed by atoms with Gasteiger partial charge in [-0.15, -0.1) is 0 Å². The van der Waals surface area contributed by atoms with Gasteiger partial charge in [0.15, 0.2) is 0 Å². The first kappa shape index (κ1) is 15.0. The maximum atomic E-state index is 13.1. The lowest BCUT2D eigenvalue weighted by molar-refractivity contribution is -0.139. The minimum atomic E-state index is -4.59. The van der Waals surface area contributed by atoms with E-state index in [9.17, 15) is 22.7 Å². The van der Waals surface area contributed by atoms with Crippen LogP contribution in [0, 0.1) is 11.7 Å². The minimum Gasteiger partial charge on any atom is -0.388 e. The largest absolute Gasteiger partial charge is 0.416 e. The van der Waals surface area contributed by atoms with Crippen molar-refractivity contribution in [3.63, 3.8) is 0 Å². The molecule has 1 aromatic rings. The first-order valence-electron chi connectivity index (χ1n) is 5.85. The number of rotatable bonds is 4. The van der Waals surface area contributed by atoms with E-state index in [1.54, 1.807) is 13.8 Å². The van der Waals surface area contributed by atoms with Gasteiger partial charge in [-0.2, -0.15) is 13.2 Å². The Balaban J connectivity index is 3.25. The number of halogens is 4. The van der Waals surface area contributed by atoms with Crippen LogP contribution in [-0.2, 0) is 6.18 Å². The van der Waals surface area contributed by atoms with Gasteiger partial charge in [-0.1, -0.05) is 26.7 Å². The van der Waals surface area contributed by atoms with Gasteiger partial charge in [0.25, 0.3) is 0 Å². The first-order chi connectivity index (χ1) is 8.31. The summed E-state index contributed by atoms with van der Waals surface area (Å²) in [5.74, 6) is -1.09. The van der Waals surface area contributed by atoms with Gasteiger partial charge in [-0.25, -0.2) is 4.39 Å². The normalized spacial score (nSPS) is 14.0. The predicted molar refractivity (Wildman–Crippen MR) is 60.4 cm³/mol. The van der Waals surface area contributed by atoms with Gasteiger partial charge in [0, 0.05) is 0 Å². The van der Waals surface area contributed by atoms with Gasteiger partial charge in [0.05, 0.1) is 11.7 Å². The quantitative estimate of drug-likeness (QED) is 0.803. The van der Waals surface area contributed by atoms with E-state index < -0.39 is 23.7 Å². The monoisotopic (exact) mass is 264 g/mol. The van der Waals surface area contributed by atoms with Crippen molar-refractivity contribution >= 4 is 0 Å². The highest BCUT2D eigenvalue weighted by atomic mass is 19.4. The summed E-state index contributed by atoms with van der Waals surface area (Å²) in [4.78, 5) is 0. The summed E-state index contributed by atoms with van der Waals surface area (Å²) in [6.07, 6.45) is -4.82. The molecule has 18 heavy (non-hydrogen) atoms. The molecule has 1 atom stereocenters. The van der Waals surface area contributed by atoms with Crippen LogP contribution in [0.2, 0.25) is 0 Å². The number of aliphatic hydroxyl groups is 1. The Morgan fingerprint density at radius 2 is 1.72 bits per heavy atom. The van der Waals surface area contributed by atoms with Crippen molar-refractivity contribution in [2.75, 3.05) is 0 Å². The Morgan fingerprint density at radius 1 is 1.17 bits per heavy atom. The lowest BCUT2D eigenvalue weighted by Gasteiger charge is -2.23. The van der Waals surface area contributed by atoms with Crippen LogP contribution >= 0.6 is 0 Å². The van der Waals surface area contributed by atoms with Crippen molar-refractivity contribution in [1.82, 2.24) is 0 Å². The summed E-state index contributed by atoms with van der Waals surface area (Å²) in [5, 5.41) is 9.98. The summed E-state index contributed by atoms with van der Waals surface area (Å²) in [5.41, 5.74) is -1.35. The van der Waals surface area contributed by atoms with E-state index in [4.69, 9.17) is 0 Å². The number of alkyl halides is 3. The molecule has 1 N–H and O–H groups in total. The van der Waals surface area contributed by atoms with E-state index in [0.29, 0.717) is 18.9 Å². The van der Waals surface area contributed by atoms with Crippen molar-refractivity contribution in [2.45, 2.75) is 39.0 Å². The van der Waals surface area contributed by atoms with Gasteiger partial charge in [-0.3, -0.25) is 0 Å². The molecular weight excluding hydrogens is 248 g/mol. The Bertz CT molecular complexity index is 396. The van der Waals surface area contributed by atoms with E-state index in [-0.39, 0.29) is 11.5 Å². The smallest absolute Gasteiger partial charge is 0.388 e. The molecule has 1 rings (SSSR count). The van der Waals surface area contributed by atoms with Gasteiger partial charge in [0.1, 0.15) is 5.82 Å². The van der Waals surface area contributed by atoms with Gasteiger partial charge in [0.2, 0.25) is 0 Å². The van der Waals surface area contributed by atoms with Crippen LogP contribution in [0.4, 0.5) is 17.6 Å². The van der Waals surface area contributed by atoms with Crippen molar-refractivity contribution < 1.29 is 22.7 Å². The van der Waals surface area contributed by atoms with Crippen molar-refractivity contribution in [2.24, 2.45) is 5.92 Å². The van der Waals surface area contributed by atoms with Crippen LogP contribution < -0.4 is 0 Å². The maximum Gasteiger partial charge on any atom is 0.416 e. The Morgan fingerprint density at radius 3 is 2.17 bits per heavy atom. The van der Waals surface area contributed by atoms with Crippen LogP contribution in [0.1, 0.15) is 43.9 Å². The third-order valence-corrected chi connectivity index (χ3v) is 3.13. The molecule has 5 heteroatoms. The van der Waals surface area contributed by atoms with Gasteiger partial charge >= 0.3 is 6.18 Å². The molecule has 1 nitrogen and oxygen atoms in total. The summed E-state index contributed by atoms with van der Waals surface area (Å²) in [7, 11) is 0. The summed E-state index contributed by atoms with van der Waals surface area (Å²) in [6, 6.07) is 2.20. The fourth-order valence-corrected chi connectivity index (χ4v) is 2.03. The molecule has 1 aromatic carbocycles. The van der Waals surface area contributed by atoms with E-state index in [0.717, 1.165) is 12.1 Å². The Hall–Kier alpha value is -1.10.